The molecule has 2 atom stereocenters. The number of methoxy groups -OCH3 is 3. The smallest absolute Gasteiger partial charge is 0.321 e. The number of carbonyl (C=O) groups is 2. The van der Waals surface area contributed by atoms with Gasteiger partial charge in [-0.3, -0.25) is 14.9 Å². The summed E-state index contributed by atoms with van der Waals surface area (Å²) >= 11 is 6.16. The highest BCUT2D eigenvalue weighted by atomic mass is 35.5. The molecule has 0 saturated carbocycles. The Balaban J connectivity index is 1.66. The number of rotatable bonds is 7. The van der Waals surface area contributed by atoms with E-state index in [1.54, 1.807) is 19.1 Å². The van der Waals surface area contributed by atoms with Crippen LogP contribution < -0.4 is 24.4 Å². The number of benzene rings is 2. The molecule has 10 nitrogen and oxygen atoms in total. The van der Waals surface area contributed by atoms with Crippen LogP contribution in [0.3, 0.4) is 0 Å². The largest absolute Gasteiger partial charge is 0.493 e. The third-order valence-corrected chi connectivity index (χ3v) is 6.65. The molecule has 0 aromatic heterocycles. The number of amides is 1. The Bertz CT molecular complexity index is 1160. The molecule has 11 heteroatoms. The number of esters is 1. The zero-order chi connectivity index (χ0) is 26.5. The van der Waals surface area contributed by atoms with E-state index in [1.807, 2.05) is 29.2 Å². The zero-order valence-electron chi connectivity index (χ0n) is 21.3. The molecule has 0 aliphatic carbocycles. The van der Waals surface area contributed by atoms with Gasteiger partial charge in [0, 0.05) is 36.9 Å². The molecular formula is C26H31ClN4O6. The number of hydrogen-bond acceptors (Lipinski definition) is 9. The molecule has 2 aromatic rings. The Labute approximate surface area is 221 Å². The summed E-state index contributed by atoms with van der Waals surface area (Å²) in [4.78, 5) is 35.2. The highest BCUT2D eigenvalue weighted by molar-refractivity contribution is 6.30. The molecule has 37 heavy (non-hydrogen) atoms. The first-order valence-corrected chi connectivity index (χ1v) is 12.4. The average molecular weight is 531 g/mol. The molecule has 0 radical (unpaired) electrons. The van der Waals surface area contributed by atoms with Crippen LogP contribution in [0.2, 0.25) is 5.02 Å². The van der Waals surface area contributed by atoms with Crippen LogP contribution in [0.4, 0.5) is 5.69 Å². The molecule has 1 saturated heterocycles. The van der Waals surface area contributed by atoms with Crippen LogP contribution in [0.15, 0.2) is 41.4 Å². The van der Waals surface area contributed by atoms with Gasteiger partial charge in [0.15, 0.2) is 17.4 Å². The van der Waals surface area contributed by atoms with Crippen LogP contribution in [0, 0.1) is 5.92 Å². The monoisotopic (exact) mass is 530 g/mol. The lowest BCUT2D eigenvalue weighted by Crippen LogP contribution is -2.57. The van der Waals surface area contributed by atoms with Crippen LogP contribution in [0.5, 0.6) is 17.2 Å². The van der Waals surface area contributed by atoms with E-state index in [2.05, 4.69) is 10.2 Å². The van der Waals surface area contributed by atoms with Crippen LogP contribution in [-0.4, -0.2) is 76.9 Å². The third kappa shape index (κ3) is 5.53. The summed E-state index contributed by atoms with van der Waals surface area (Å²) in [6.45, 7) is 4.51. The number of guanidine groups is 1. The van der Waals surface area contributed by atoms with Crippen molar-refractivity contribution in [2.45, 2.75) is 13.0 Å². The number of carbonyl (C=O) groups excluding carboxylic acids is 2. The number of halogens is 1. The van der Waals surface area contributed by atoms with Crippen molar-refractivity contribution in [1.82, 2.24) is 10.2 Å². The molecule has 1 fully saturated rings. The average Bonchev–Trinajstić information content (AvgIpc) is 2.91. The maximum atomic E-state index is 13.3. The number of piperazine rings is 1. The van der Waals surface area contributed by atoms with Gasteiger partial charge in [-0.05, 0) is 42.8 Å². The van der Waals surface area contributed by atoms with E-state index < -0.39 is 23.8 Å². The quantitative estimate of drug-likeness (QED) is 0.431. The molecule has 1 amide bonds. The summed E-state index contributed by atoms with van der Waals surface area (Å²) in [5.74, 6) is -0.668. The van der Waals surface area contributed by atoms with Gasteiger partial charge in [-0.15, -0.1) is 0 Å². The number of ether oxygens (including phenoxy) is 4. The maximum Gasteiger partial charge on any atom is 0.321 e. The molecule has 2 aliphatic heterocycles. The van der Waals surface area contributed by atoms with E-state index in [-0.39, 0.29) is 6.61 Å². The van der Waals surface area contributed by atoms with Crippen molar-refractivity contribution in [1.29, 1.82) is 0 Å². The normalized spacial score (nSPS) is 19.6. The number of aliphatic imine (C=N–C) groups is 1. The van der Waals surface area contributed by atoms with Gasteiger partial charge >= 0.3 is 5.97 Å². The number of hydrogen-bond donors (Lipinski definition) is 1. The Kier molecular flexibility index (Phi) is 8.27. The minimum Gasteiger partial charge on any atom is -0.493 e. The minimum absolute atomic E-state index is 0.145. The maximum absolute atomic E-state index is 13.3. The third-order valence-electron chi connectivity index (χ3n) is 6.42. The molecule has 1 N–H and O–H groups in total. The zero-order valence-corrected chi connectivity index (χ0v) is 22.1. The summed E-state index contributed by atoms with van der Waals surface area (Å²) in [6.07, 6.45) is 0. The van der Waals surface area contributed by atoms with Gasteiger partial charge in [0.2, 0.25) is 17.6 Å². The number of anilines is 1. The molecule has 2 aliphatic rings. The lowest BCUT2D eigenvalue weighted by atomic mass is 9.90. The molecule has 2 aromatic carbocycles. The minimum atomic E-state index is -1.17. The van der Waals surface area contributed by atoms with E-state index in [1.165, 1.54) is 21.3 Å². The SMILES string of the molecule is CCOC(=O)C1C(=O)NC(N2CCN(c3cccc(Cl)c3)CC2)=NC1c1cc(OC)c(OC)c(OC)c1. The highest BCUT2D eigenvalue weighted by Gasteiger charge is 2.43. The molecule has 0 spiro atoms. The van der Waals surface area contributed by atoms with E-state index in [0.717, 1.165) is 5.69 Å². The van der Waals surface area contributed by atoms with Crippen LogP contribution in [0.25, 0.3) is 0 Å². The lowest BCUT2D eigenvalue weighted by Gasteiger charge is -2.39. The Hall–Kier alpha value is -3.66. The first kappa shape index (κ1) is 26.4. The van der Waals surface area contributed by atoms with Crippen molar-refractivity contribution in [3.63, 3.8) is 0 Å². The first-order valence-electron chi connectivity index (χ1n) is 12.0. The summed E-state index contributed by atoms with van der Waals surface area (Å²) in [6, 6.07) is 10.3. The predicted octanol–water partition coefficient (Wildman–Crippen LogP) is 2.89. The van der Waals surface area contributed by atoms with Gasteiger partial charge in [-0.25, -0.2) is 4.99 Å². The fourth-order valence-corrected chi connectivity index (χ4v) is 4.77. The van der Waals surface area contributed by atoms with Gasteiger partial charge in [0.1, 0.15) is 6.04 Å². The Morgan fingerprint density at radius 3 is 2.24 bits per heavy atom. The lowest BCUT2D eigenvalue weighted by molar-refractivity contribution is -0.153. The second-order valence-electron chi connectivity index (χ2n) is 8.53. The highest BCUT2D eigenvalue weighted by Crippen LogP contribution is 2.42. The summed E-state index contributed by atoms with van der Waals surface area (Å²) in [5.41, 5.74) is 1.61. The molecule has 4 rings (SSSR count). The van der Waals surface area contributed by atoms with Crippen LogP contribution in [0.1, 0.15) is 18.5 Å². The summed E-state index contributed by atoms with van der Waals surface area (Å²) < 4.78 is 21.6. The Morgan fingerprint density at radius 2 is 1.68 bits per heavy atom. The van der Waals surface area contributed by atoms with Crippen molar-refractivity contribution in [3.8, 4) is 17.2 Å². The van der Waals surface area contributed by atoms with Gasteiger partial charge in [0.05, 0.1) is 27.9 Å². The van der Waals surface area contributed by atoms with Gasteiger partial charge in [0.25, 0.3) is 0 Å². The fourth-order valence-electron chi connectivity index (χ4n) is 4.59. The second-order valence-corrected chi connectivity index (χ2v) is 8.97. The van der Waals surface area contributed by atoms with E-state index >= 15 is 0 Å². The topological polar surface area (TPSA) is 102 Å². The van der Waals surface area contributed by atoms with E-state index in [9.17, 15) is 9.59 Å². The molecule has 2 heterocycles. The van der Waals surface area contributed by atoms with Gasteiger partial charge < -0.3 is 28.7 Å². The first-order chi connectivity index (χ1) is 17.9. The molecule has 0 bridgehead atoms. The Morgan fingerprint density at radius 1 is 1.03 bits per heavy atom. The van der Waals surface area contributed by atoms with Crippen molar-refractivity contribution in [2.24, 2.45) is 10.9 Å². The van der Waals surface area contributed by atoms with Crippen molar-refractivity contribution < 1.29 is 28.5 Å². The number of nitrogens with one attached hydrogen (secondary N) is 1. The fraction of sp³-hybridized carbons (Fsp3) is 0.423. The van der Waals surface area contributed by atoms with Crippen molar-refractivity contribution in [2.75, 3.05) is 59.0 Å². The van der Waals surface area contributed by atoms with E-state index in [4.69, 9.17) is 35.5 Å². The van der Waals surface area contributed by atoms with Crippen molar-refractivity contribution >= 4 is 35.1 Å². The number of nitrogens with zero attached hydrogens (tertiary/aromatic N) is 3. The van der Waals surface area contributed by atoms with Gasteiger partial charge in [-0.1, -0.05) is 17.7 Å². The molecule has 2 unspecified atom stereocenters. The second kappa shape index (κ2) is 11.6. The summed E-state index contributed by atoms with van der Waals surface area (Å²) in [7, 11) is 4.52. The van der Waals surface area contributed by atoms with Gasteiger partial charge in [-0.2, -0.15) is 0 Å². The molecular weight excluding hydrogens is 500 g/mol. The predicted molar refractivity (Wildman–Crippen MR) is 140 cm³/mol. The summed E-state index contributed by atoms with van der Waals surface area (Å²) in [5, 5.41) is 3.51. The van der Waals surface area contributed by atoms with Crippen LogP contribution in [-0.2, 0) is 14.3 Å². The molecule has 198 valence electrons. The van der Waals surface area contributed by atoms with Crippen LogP contribution >= 0.6 is 11.6 Å². The standard InChI is InChI=1S/C26H31ClN4O6/c1-5-37-25(33)21-22(16-13-19(34-2)23(36-4)20(14-16)35-3)28-26(29-24(21)32)31-11-9-30(10-12-31)18-8-6-7-17(27)15-18/h6-8,13-15,21-22H,5,9-12H2,1-4H3,(H,28,29,32). The van der Waals surface area contributed by atoms with Crippen molar-refractivity contribution in [3.05, 3.63) is 47.0 Å². The van der Waals surface area contributed by atoms with E-state index in [0.29, 0.717) is 60.0 Å².